The highest BCUT2D eigenvalue weighted by Crippen LogP contribution is 2.25. The molecule has 5 heteroatoms. The molecule has 1 aromatic carbocycles. The maximum absolute atomic E-state index is 11.2. The Morgan fingerprint density at radius 2 is 2.05 bits per heavy atom. The van der Waals surface area contributed by atoms with E-state index in [4.69, 9.17) is 9.63 Å². The number of benzene rings is 1. The van der Waals surface area contributed by atoms with Gasteiger partial charge in [0.1, 0.15) is 11.4 Å². The SMILES string of the molecule is Cc1noc(C)c1N(C)Cc1ccccc1C(=O)O. The predicted molar refractivity (Wildman–Crippen MR) is 71.5 cm³/mol. The molecule has 0 saturated carbocycles. The van der Waals surface area contributed by atoms with Crippen LogP contribution in [0.4, 0.5) is 5.69 Å². The lowest BCUT2D eigenvalue weighted by molar-refractivity contribution is 0.0695. The molecule has 0 saturated heterocycles. The standard InChI is InChI=1S/C14H16N2O3/c1-9-13(10(2)19-15-9)16(3)8-11-6-4-5-7-12(11)14(17)18/h4-7H,8H2,1-3H3,(H,17,18). The van der Waals surface area contributed by atoms with Gasteiger partial charge in [-0.3, -0.25) is 0 Å². The normalized spacial score (nSPS) is 10.5. The Morgan fingerprint density at radius 3 is 2.63 bits per heavy atom. The molecule has 1 aromatic heterocycles. The minimum Gasteiger partial charge on any atom is -0.478 e. The van der Waals surface area contributed by atoms with Crippen molar-refractivity contribution in [3.63, 3.8) is 0 Å². The van der Waals surface area contributed by atoms with Crippen LogP contribution in [-0.2, 0) is 6.54 Å². The van der Waals surface area contributed by atoms with Crippen LogP contribution in [-0.4, -0.2) is 23.3 Å². The van der Waals surface area contributed by atoms with Crippen LogP contribution in [0.25, 0.3) is 0 Å². The van der Waals surface area contributed by atoms with E-state index in [-0.39, 0.29) is 0 Å². The Bertz CT molecular complexity index is 585. The molecule has 0 unspecified atom stereocenters. The molecule has 0 spiro atoms. The van der Waals surface area contributed by atoms with Crippen molar-refractivity contribution in [1.29, 1.82) is 0 Å². The van der Waals surface area contributed by atoms with Crippen LogP contribution in [0.2, 0.25) is 0 Å². The van der Waals surface area contributed by atoms with Gasteiger partial charge in [0.15, 0.2) is 5.76 Å². The molecule has 5 nitrogen and oxygen atoms in total. The zero-order valence-electron chi connectivity index (χ0n) is 11.2. The van der Waals surface area contributed by atoms with E-state index in [1.807, 2.05) is 37.9 Å². The highest BCUT2D eigenvalue weighted by atomic mass is 16.5. The number of carboxylic acid groups (broad SMARTS) is 1. The topological polar surface area (TPSA) is 66.6 Å². The smallest absolute Gasteiger partial charge is 0.336 e. The number of carbonyl (C=O) groups is 1. The summed E-state index contributed by atoms with van der Waals surface area (Å²) in [7, 11) is 1.89. The second-order valence-corrected chi connectivity index (χ2v) is 4.49. The molecule has 2 aromatic rings. The first kappa shape index (κ1) is 13.1. The van der Waals surface area contributed by atoms with Gasteiger partial charge in [-0.1, -0.05) is 23.4 Å². The van der Waals surface area contributed by atoms with E-state index in [2.05, 4.69) is 5.16 Å². The van der Waals surface area contributed by atoms with Crippen molar-refractivity contribution in [2.75, 3.05) is 11.9 Å². The van der Waals surface area contributed by atoms with Crippen LogP contribution in [0.5, 0.6) is 0 Å². The van der Waals surface area contributed by atoms with Crippen LogP contribution in [0, 0.1) is 13.8 Å². The van der Waals surface area contributed by atoms with Crippen LogP contribution >= 0.6 is 0 Å². The summed E-state index contributed by atoms with van der Waals surface area (Å²) in [6.07, 6.45) is 0. The van der Waals surface area contributed by atoms with Crippen molar-refractivity contribution < 1.29 is 14.4 Å². The number of aryl methyl sites for hydroxylation is 2. The Balaban J connectivity index is 2.29. The van der Waals surface area contributed by atoms with E-state index in [0.29, 0.717) is 12.1 Å². The zero-order valence-corrected chi connectivity index (χ0v) is 11.2. The molecule has 0 bridgehead atoms. The first-order chi connectivity index (χ1) is 9.00. The Labute approximate surface area is 111 Å². The lowest BCUT2D eigenvalue weighted by Gasteiger charge is -2.19. The molecule has 0 fully saturated rings. The van der Waals surface area contributed by atoms with E-state index < -0.39 is 5.97 Å². The number of aromatic carboxylic acids is 1. The fourth-order valence-corrected chi connectivity index (χ4v) is 2.22. The Hall–Kier alpha value is -2.30. The van der Waals surface area contributed by atoms with Gasteiger partial charge in [0.05, 0.1) is 5.56 Å². The van der Waals surface area contributed by atoms with Gasteiger partial charge in [-0.15, -0.1) is 0 Å². The lowest BCUT2D eigenvalue weighted by Crippen LogP contribution is -2.19. The van der Waals surface area contributed by atoms with E-state index >= 15 is 0 Å². The van der Waals surface area contributed by atoms with E-state index in [1.54, 1.807) is 12.1 Å². The molecule has 0 amide bonds. The molecule has 100 valence electrons. The van der Waals surface area contributed by atoms with Crippen molar-refractivity contribution in [2.45, 2.75) is 20.4 Å². The summed E-state index contributed by atoms with van der Waals surface area (Å²) in [4.78, 5) is 13.1. The molecular formula is C14H16N2O3. The van der Waals surface area contributed by atoms with Gasteiger partial charge in [0, 0.05) is 13.6 Å². The summed E-state index contributed by atoms with van der Waals surface area (Å²) in [5, 5.41) is 13.1. The molecule has 1 heterocycles. The molecule has 0 aliphatic rings. The maximum atomic E-state index is 11.2. The summed E-state index contributed by atoms with van der Waals surface area (Å²) in [5.41, 5.74) is 2.78. The van der Waals surface area contributed by atoms with E-state index in [9.17, 15) is 4.79 Å². The molecule has 0 radical (unpaired) electrons. The van der Waals surface area contributed by atoms with Crippen LogP contribution in [0.15, 0.2) is 28.8 Å². The second kappa shape index (κ2) is 5.14. The van der Waals surface area contributed by atoms with Crippen LogP contribution in [0.1, 0.15) is 27.4 Å². The third-order valence-corrected chi connectivity index (χ3v) is 3.03. The number of hydrogen-bond donors (Lipinski definition) is 1. The molecular weight excluding hydrogens is 244 g/mol. The number of aromatic nitrogens is 1. The average molecular weight is 260 g/mol. The van der Waals surface area contributed by atoms with Crippen molar-refractivity contribution in [2.24, 2.45) is 0 Å². The summed E-state index contributed by atoms with van der Waals surface area (Å²) >= 11 is 0. The molecule has 0 aliphatic heterocycles. The summed E-state index contributed by atoms with van der Waals surface area (Å²) < 4.78 is 5.12. The first-order valence-electron chi connectivity index (χ1n) is 5.96. The number of nitrogens with zero attached hydrogens (tertiary/aromatic N) is 2. The van der Waals surface area contributed by atoms with Gasteiger partial charge >= 0.3 is 5.97 Å². The third-order valence-electron chi connectivity index (χ3n) is 3.03. The van der Waals surface area contributed by atoms with E-state index in [1.165, 1.54) is 0 Å². The quantitative estimate of drug-likeness (QED) is 0.915. The second-order valence-electron chi connectivity index (χ2n) is 4.49. The molecule has 0 aliphatic carbocycles. The van der Waals surface area contributed by atoms with Crippen molar-refractivity contribution in [3.05, 3.63) is 46.8 Å². The summed E-state index contributed by atoms with van der Waals surface area (Å²) in [5.74, 6) is -0.185. The van der Waals surface area contributed by atoms with Crippen molar-refractivity contribution in [3.8, 4) is 0 Å². The number of rotatable bonds is 4. The van der Waals surface area contributed by atoms with Gasteiger partial charge in [-0.05, 0) is 25.5 Å². The minimum atomic E-state index is -0.914. The third kappa shape index (κ3) is 2.59. The highest BCUT2D eigenvalue weighted by Gasteiger charge is 2.16. The Kier molecular flexibility index (Phi) is 3.55. The molecule has 1 N–H and O–H groups in total. The van der Waals surface area contributed by atoms with Gasteiger partial charge in [-0.25, -0.2) is 4.79 Å². The van der Waals surface area contributed by atoms with Gasteiger partial charge in [-0.2, -0.15) is 0 Å². The first-order valence-corrected chi connectivity index (χ1v) is 5.96. The van der Waals surface area contributed by atoms with Crippen molar-refractivity contribution in [1.82, 2.24) is 5.16 Å². The predicted octanol–water partition coefficient (Wildman–Crippen LogP) is 2.63. The monoisotopic (exact) mass is 260 g/mol. The van der Waals surface area contributed by atoms with Crippen LogP contribution < -0.4 is 4.90 Å². The summed E-state index contributed by atoms with van der Waals surface area (Å²) in [6, 6.07) is 6.99. The van der Waals surface area contributed by atoms with Gasteiger partial charge in [0.25, 0.3) is 0 Å². The lowest BCUT2D eigenvalue weighted by atomic mass is 10.1. The molecule has 19 heavy (non-hydrogen) atoms. The highest BCUT2D eigenvalue weighted by molar-refractivity contribution is 5.89. The molecule has 0 atom stereocenters. The maximum Gasteiger partial charge on any atom is 0.336 e. The average Bonchev–Trinajstić information content (AvgIpc) is 2.69. The van der Waals surface area contributed by atoms with Gasteiger partial charge in [0.2, 0.25) is 0 Å². The number of carboxylic acids is 1. The number of hydrogen-bond acceptors (Lipinski definition) is 4. The number of anilines is 1. The van der Waals surface area contributed by atoms with Crippen LogP contribution in [0.3, 0.4) is 0 Å². The fourth-order valence-electron chi connectivity index (χ4n) is 2.22. The Morgan fingerprint density at radius 1 is 1.37 bits per heavy atom. The largest absolute Gasteiger partial charge is 0.478 e. The molecule has 2 rings (SSSR count). The van der Waals surface area contributed by atoms with Crippen molar-refractivity contribution >= 4 is 11.7 Å². The zero-order chi connectivity index (χ0) is 14.0. The van der Waals surface area contributed by atoms with E-state index in [0.717, 1.165) is 22.7 Å². The fraction of sp³-hybridized carbons (Fsp3) is 0.286. The van der Waals surface area contributed by atoms with Gasteiger partial charge < -0.3 is 14.5 Å². The minimum absolute atomic E-state index is 0.320. The summed E-state index contributed by atoms with van der Waals surface area (Å²) in [6.45, 7) is 4.20.